The molecule has 2 aromatic rings. The standard InChI is InChI=1S/C8H8BrN5OS/c1-2-5-11-6(14-13-5)7(15)12-8-10-3-4(9)16-8/h3H,2H2,1H3,(H,10,12,15)(H,11,13,14). The quantitative estimate of drug-likeness (QED) is 0.906. The highest BCUT2D eigenvalue weighted by molar-refractivity contribution is 9.11. The molecule has 0 unspecified atom stereocenters. The largest absolute Gasteiger partial charge is 0.297 e. The van der Waals surface area contributed by atoms with Crippen LogP contribution < -0.4 is 5.32 Å². The maximum atomic E-state index is 11.6. The Balaban J connectivity index is 2.08. The maximum Gasteiger partial charge on any atom is 0.297 e. The number of aromatic amines is 1. The van der Waals surface area contributed by atoms with Crippen LogP contribution in [0, 0.1) is 0 Å². The Morgan fingerprint density at radius 1 is 1.69 bits per heavy atom. The van der Waals surface area contributed by atoms with E-state index in [4.69, 9.17) is 0 Å². The van der Waals surface area contributed by atoms with Crippen molar-refractivity contribution in [3.8, 4) is 0 Å². The SMILES string of the molecule is CCc1nc(C(=O)Nc2ncc(Br)s2)n[nH]1. The first-order valence-corrected chi connectivity index (χ1v) is 6.14. The van der Waals surface area contributed by atoms with E-state index in [0.717, 1.165) is 3.79 Å². The van der Waals surface area contributed by atoms with Gasteiger partial charge < -0.3 is 0 Å². The van der Waals surface area contributed by atoms with Gasteiger partial charge in [-0.3, -0.25) is 15.2 Å². The minimum absolute atomic E-state index is 0.128. The fourth-order valence-electron chi connectivity index (χ4n) is 1.02. The number of amides is 1. The predicted octanol–water partition coefficient (Wildman–Crippen LogP) is 1.84. The zero-order valence-corrected chi connectivity index (χ0v) is 10.7. The van der Waals surface area contributed by atoms with Crippen LogP contribution in [0.15, 0.2) is 9.98 Å². The molecule has 8 heteroatoms. The number of thiazole rings is 1. The van der Waals surface area contributed by atoms with E-state index in [0.29, 0.717) is 17.4 Å². The van der Waals surface area contributed by atoms with Crippen LogP contribution in [0.1, 0.15) is 23.4 Å². The van der Waals surface area contributed by atoms with Gasteiger partial charge in [-0.2, -0.15) is 0 Å². The van der Waals surface area contributed by atoms with Crippen molar-refractivity contribution in [2.75, 3.05) is 5.32 Å². The molecule has 1 amide bonds. The lowest BCUT2D eigenvalue weighted by Crippen LogP contribution is -2.13. The zero-order chi connectivity index (χ0) is 11.5. The van der Waals surface area contributed by atoms with E-state index in [-0.39, 0.29) is 11.7 Å². The van der Waals surface area contributed by atoms with Gasteiger partial charge in [-0.15, -0.1) is 5.10 Å². The Bertz CT molecular complexity index is 508. The highest BCUT2D eigenvalue weighted by Gasteiger charge is 2.13. The van der Waals surface area contributed by atoms with Gasteiger partial charge in [0.05, 0.1) is 9.98 Å². The lowest BCUT2D eigenvalue weighted by Gasteiger charge is -1.95. The molecule has 0 saturated carbocycles. The van der Waals surface area contributed by atoms with Crippen molar-refractivity contribution in [1.82, 2.24) is 20.2 Å². The van der Waals surface area contributed by atoms with Gasteiger partial charge in [0.2, 0.25) is 5.82 Å². The van der Waals surface area contributed by atoms with Crippen LogP contribution in [0.3, 0.4) is 0 Å². The number of carbonyl (C=O) groups excluding carboxylic acids is 1. The zero-order valence-electron chi connectivity index (χ0n) is 8.32. The number of nitrogens with zero attached hydrogens (tertiary/aromatic N) is 3. The fourth-order valence-corrected chi connectivity index (χ4v) is 2.12. The lowest BCUT2D eigenvalue weighted by atomic mass is 10.5. The molecule has 2 N–H and O–H groups in total. The van der Waals surface area contributed by atoms with E-state index in [2.05, 4.69) is 41.4 Å². The minimum Gasteiger partial charge on any atom is -0.295 e. The summed E-state index contributed by atoms with van der Waals surface area (Å²) in [6.45, 7) is 1.93. The third-order valence-electron chi connectivity index (χ3n) is 1.77. The molecule has 2 heterocycles. The van der Waals surface area contributed by atoms with Crippen LogP contribution in [0.2, 0.25) is 0 Å². The van der Waals surface area contributed by atoms with Crippen molar-refractivity contribution in [2.45, 2.75) is 13.3 Å². The van der Waals surface area contributed by atoms with Crippen molar-refractivity contribution in [3.63, 3.8) is 0 Å². The second-order valence-electron chi connectivity index (χ2n) is 2.88. The molecule has 0 aliphatic carbocycles. The number of aromatic nitrogens is 4. The number of hydrogen-bond donors (Lipinski definition) is 2. The number of nitrogens with one attached hydrogen (secondary N) is 2. The Hall–Kier alpha value is -1.28. The van der Waals surface area contributed by atoms with Gasteiger partial charge in [-0.05, 0) is 15.9 Å². The molecule has 0 aliphatic heterocycles. The molecule has 6 nitrogen and oxygen atoms in total. The molecule has 0 atom stereocenters. The van der Waals surface area contributed by atoms with Gasteiger partial charge in [0.1, 0.15) is 5.82 Å². The van der Waals surface area contributed by atoms with Crippen LogP contribution in [0.4, 0.5) is 5.13 Å². The van der Waals surface area contributed by atoms with Crippen molar-refractivity contribution in [3.05, 3.63) is 21.6 Å². The first-order chi connectivity index (χ1) is 7.69. The van der Waals surface area contributed by atoms with Crippen LogP contribution in [0.25, 0.3) is 0 Å². The average Bonchev–Trinajstić information content (AvgIpc) is 2.87. The molecule has 0 bridgehead atoms. The Morgan fingerprint density at radius 2 is 2.50 bits per heavy atom. The van der Waals surface area contributed by atoms with E-state index < -0.39 is 0 Å². The number of aryl methyl sites for hydroxylation is 1. The molecule has 16 heavy (non-hydrogen) atoms. The Morgan fingerprint density at radius 3 is 3.06 bits per heavy atom. The summed E-state index contributed by atoms with van der Waals surface area (Å²) in [5, 5.41) is 9.61. The summed E-state index contributed by atoms with van der Waals surface area (Å²) in [6, 6.07) is 0. The van der Waals surface area contributed by atoms with Gasteiger partial charge in [0.25, 0.3) is 5.91 Å². The summed E-state index contributed by atoms with van der Waals surface area (Å²) >= 11 is 4.59. The number of hydrogen-bond acceptors (Lipinski definition) is 5. The van der Waals surface area contributed by atoms with Crippen molar-refractivity contribution in [1.29, 1.82) is 0 Å². The van der Waals surface area contributed by atoms with Gasteiger partial charge >= 0.3 is 0 Å². The average molecular weight is 302 g/mol. The maximum absolute atomic E-state index is 11.6. The molecule has 0 aromatic carbocycles. The normalized spacial score (nSPS) is 10.4. The molecule has 2 rings (SSSR count). The van der Waals surface area contributed by atoms with Crippen molar-refractivity contribution >= 4 is 38.3 Å². The number of halogens is 1. The van der Waals surface area contributed by atoms with E-state index in [1.807, 2.05) is 6.92 Å². The van der Waals surface area contributed by atoms with E-state index in [9.17, 15) is 4.79 Å². The van der Waals surface area contributed by atoms with Gasteiger partial charge in [-0.25, -0.2) is 9.97 Å². The molecule has 0 fully saturated rings. The second kappa shape index (κ2) is 4.71. The highest BCUT2D eigenvalue weighted by atomic mass is 79.9. The second-order valence-corrected chi connectivity index (χ2v) is 5.29. The van der Waals surface area contributed by atoms with Crippen LogP contribution in [-0.4, -0.2) is 26.1 Å². The molecule has 0 saturated heterocycles. The number of rotatable bonds is 3. The smallest absolute Gasteiger partial charge is 0.295 e. The molecule has 0 spiro atoms. The van der Waals surface area contributed by atoms with Gasteiger partial charge in [0, 0.05) is 6.42 Å². The van der Waals surface area contributed by atoms with E-state index in [1.165, 1.54) is 11.3 Å². The topological polar surface area (TPSA) is 83.6 Å². The monoisotopic (exact) mass is 301 g/mol. The predicted molar refractivity (Wildman–Crippen MR) is 63.5 cm³/mol. The third kappa shape index (κ3) is 2.45. The molecule has 84 valence electrons. The van der Waals surface area contributed by atoms with E-state index >= 15 is 0 Å². The van der Waals surface area contributed by atoms with Gasteiger partial charge in [-0.1, -0.05) is 18.3 Å². The van der Waals surface area contributed by atoms with Crippen LogP contribution >= 0.6 is 27.3 Å². The number of anilines is 1. The van der Waals surface area contributed by atoms with Crippen LogP contribution in [-0.2, 0) is 6.42 Å². The van der Waals surface area contributed by atoms with E-state index in [1.54, 1.807) is 6.20 Å². The summed E-state index contributed by atoms with van der Waals surface area (Å²) < 4.78 is 0.854. The van der Waals surface area contributed by atoms with Crippen molar-refractivity contribution < 1.29 is 4.79 Å². The van der Waals surface area contributed by atoms with Crippen molar-refractivity contribution in [2.24, 2.45) is 0 Å². The highest BCUT2D eigenvalue weighted by Crippen LogP contribution is 2.23. The lowest BCUT2D eigenvalue weighted by molar-refractivity contribution is 0.101. The van der Waals surface area contributed by atoms with Gasteiger partial charge in [0.15, 0.2) is 5.13 Å². The molecule has 2 aromatic heterocycles. The first-order valence-electron chi connectivity index (χ1n) is 4.53. The molecule has 0 aliphatic rings. The number of H-pyrrole nitrogens is 1. The Labute approximate surface area is 104 Å². The summed E-state index contributed by atoms with van der Waals surface area (Å²) in [6.07, 6.45) is 2.33. The summed E-state index contributed by atoms with van der Waals surface area (Å²) in [5.74, 6) is 0.450. The summed E-state index contributed by atoms with van der Waals surface area (Å²) in [5.41, 5.74) is 0. The fraction of sp³-hybridized carbons (Fsp3) is 0.250. The minimum atomic E-state index is -0.363. The molecule has 0 radical (unpaired) electrons. The Kier molecular flexibility index (Phi) is 3.30. The first kappa shape index (κ1) is 11.2. The molecular weight excluding hydrogens is 294 g/mol. The van der Waals surface area contributed by atoms with Crippen LogP contribution in [0.5, 0.6) is 0 Å². The third-order valence-corrected chi connectivity index (χ3v) is 3.16. The summed E-state index contributed by atoms with van der Waals surface area (Å²) in [7, 11) is 0. The molecular formula is C8H8BrN5OS. The summed E-state index contributed by atoms with van der Waals surface area (Å²) in [4.78, 5) is 19.6. The number of carbonyl (C=O) groups is 1.